The Morgan fingerprint density at radius 2 is 2.30 bits per heavy atom. The van der Waals surface area contributed by atoms with E-state index in [9.17, 15) is 9.59 Å². The molecule has 0 bridgehead atoms. The van der Waals surface area contributed by atoms with Crippen molar-refractivity contribution >= 4 is 17.6 Å². The average molecular weight is 375 g/mol. The Morgan fingerprint density at radius 3 is 3.04 bits per heavy atom. The van der Waals surface area contributed by atoms with Gasteiger partial charge in [-0.25, -0.2) is 9.18 Å². The topological polar surface area (TPSA) is 80.2 Å². The summed E-state index contributed by atoms with van der Waals surface area (Å²) in [4.78, 5) is 30.8. The van der Waals surface area contributed by atoms with Crippen LogP contribution < -0.4 is 5.32 Å². The maximum atomic E-state index is 15.1. The molecular formula is C19H22FN3O4. The van der Waals surface area contributed by atoms with Gasteiger partial charge in [0.1, 0.15) is 17.7 Å². The van der Waals surface area contributed by atoms with Gasteiger partial charge in [0.25, 0.3) is 5.91 Å². The van der Waals surface area contributed by atoms with E-state index in [0.29, 0.717) is 17.9 Å². The van der Waals surface area contributed by atoms with E-state index < -0.39 is 24.1 Å². The van der Waals surface area contributed by atoms with Gasteiger partial charge in [-0.3, -0.25) is 14.7 Å². The van der Waals surface area contributed by atoms with Gasteiger partial charge < -0.3 is 14.8 Å². The fraction of sp³-hybridized carbons (Fsp3) is 0.526. The minimum Gasteiger partial charge on any atom is -0.463 e. The van der Waals surface area contributed by atoms with E-state index in [2.05, 4.69) is 10.3 Å². The Balaban J connectivity index is 1.77. The van der Waals surface area contributed by atoms with Crippen LogP contribution >= 0.6 is 0 Å². The average Bonchev–Trinajstić information content (AvgIpc) is 2.68. The zero-order valence-electron chi connectivity index (χ0n) is 15.3. The van der Waals surface area contributed by atoms with Crippen molar-refractivity contribution in [3.05, 3.63) is 35.1 Å². The Hall–Kier alpha value is -2.48. The first-order valence-corrected chi connectivity index (χ1v) is 9.35. The van der Waals surface area contributed by atoms with Crippen molar-refractivity contribution < 1.29 is 23.5 Å². The highest BCUT2D eigenvalue weighted by atomic mass is 19.1. The number of hydrogen-bond donors (Lipinski definition) is 1. The lowest BCUT2D eigenvalue weighted by Gasteiger charge is -2.42. The van der Waals surface area contributed by atoms with Crippen LogP contribution in [0.25, 0.3) is 0 Å². The van der Waals surface area contributed by atoms with Crippen molar-refractivity contribution in [3.63, 3.8) is 0 Å². The van der Waals surface area contributed by atoms with E-state index in [-0.39, 0.29) is 24.1 Å². The minimum atomic E-state index is -1.49. The Bertz CT molecular complexity index is 814. The summed E-state index contributed by atoms with van der Waals surface area (Å²) in [5, 5.41) is 3.32. The van der Waals surface area contributed by atoms with E-state index >= 15 is 4.39 Å². The summed E-state index contributed by atoms with van der Waals surface area (Å²) < 4.78 is 25.9. The number of esters is 1. The maximum Gasteiger partial charge on any atom is 0.362 e. The van der Waals surface area contributed by atoms with Gasteiger partial charge >= 0.3 is 5.97 Å². The number of amides is 1. The van der Waals surface area contributed by atoms with Crippen LogP contribution in [-0.4, -0.2) is 53.9 Å². The third-order valence-electron chi connectivity index (χ3n) is 5.19. The summed E-state index contributed by atoms with van der Waals surface area (Å²) in [7, 11) is 0. The predicted octanol–water partition coefficient (Wildman–Crippen LogP) is 1.72. The summed E-state index contributed by atoms with van der Waals surface area (Å²) in [5.41, 5.74) is 1.22. The number of carbonyl (C=O) groups is 2. The van der Waals surface area contributed by atoms with Gasteiger partial charge in [0, 0.05) is 0 Å². The fourth-order valence-corrected chi connectivity index (χ4v) is 3.96. The maximum absolute atomic E-state index is 15.1. The van der Waals surface area contributed by atoms with Crippen LogP contribution in [0.15, 0.2) is 40.1 Å². The number of allylic oxidation sites excluding steroid dienone is 1. The van der Waals surface area contributed by atoms with Crippen molar-refractivity contribution in [2.75, 3.05) is 13.2 Å². The van der Waals surface area contributed by atoms with Crippen LogP contribution in [-0.2, 0) is 19.1 Å². The molecule has 3 atom stereocenters. The van der Waals surface area contributed by atoms with Crippen molar-refractivity contribution in [1.29, 1.82) is 0 Å². The number of nitrogens with one attached hydrogen (secondary N) is 1. The molecule has 1 amide bonds. The molecule has 144 valence electrons. The molecule has 0 radical (unpaired) electrons. The van der Waals surface area contributed by atoms with Gasteiger partial charge in [-0.2, -0.15) is 0 Å². The molecule has 27 heavy (non-hydrogen) atoms. The lowest BCUT2D eigenvalue weighted by Crippen LogP contribution is -2.52. The van der Waals surface area contributed by atoms with Crippen molar-refractivity contribution in [2.24, 2.45) is 4.99 Å². The van der Waals surface area contributed by atoms with Crippen LogP contribution in [0.2, 0.25) is 0 Å². The lowest BCUT2D eigenvalue weighted by molar-refractivity contribution is -0.136. The van der Waals surface area contributed by atoms with Gasteiger partial charge in [-0.1, -0.05) is 6.92 Å². The molecule has 3 unspecified atom stereocenters. The monoisotopic (exact) mass is 375 g/mol. The third kappa shape index (κ3) is 2.79. The van der Waals surface area contributed by atoms with Gasteiger partial charge in [-0.05, 0) is 44.4 Å². The molecule has 3 heterocycles. The summed E-state index contributed by atoms with van der Waals surface area (Å²) >= 11 is 0. The number of piperidine rings is 1. The fourth-order valence-electron chi connectivity index (χ4n) is 3.96. The van der Waals surface area contributed by atoms with Gasteiger partial charge in [-0.15, -0.1) is 0 Å². The second kappa shape index (κ2) is 6.92. The molecule has 1 N–H and O–H groups in total. The van der Waals surface area contributed by atoms with E-state index in [0.717, 1.165) is 25.0 Å². The molecule has 0 aromatic heterocycles. The molecule has 1 aliphatic carbocycles. The van der Waals surface area contributed by atoms with Crippen molar-refractivity contribution in [2.45, 2.75) is 51.4 Å². The van der Waals surface area contributed by atoms with Crippen LogP contribution in [0.4, 0.5) is 4.39 Å². The first-order valence-electron chi connectivity index (χ1n) is 9.35. The van der Waals surface area contributed by atoms with Gasteiger partial charge in [0.15, 0.2) is 6.17 Å². The quantitative estimate of drug-likeness (QED) is 0.600. The van der Waals surface area contributed by atoms with Crippen LogP contribution in [0.1, 0.15) is 33.1 Å². The normalized spacial score (nSPS) is 29.6. The highest BCUT2D eigenvalue weighted by molar-refractivity contribution is 6.64. The SMILES string of the molecule is CCOC(=O)C1=NC(CC)C2=COC3=C(C(F)C=C4CCCNC43)N2C1=O. The van der Waals surface area contributed by atoms with E-state index in [4.69, 9.17) is 9.47 Å². The highest BCUT2D eigenvalue weighted by Gasteiger charge is 2.47. The second-order valence-electron chi connectivity index (χ2n) is 6.81. The Morgan fingerprint density at radius 1 is 1.48 bits per heavy atom. The third-order valence-corrected chi connectivity index (χ3v) is 5.19. The molecule has 1 fully saturated rings. The number of aliphatic imine (C=N–C) groups is 1. The smallest absolute Gasteiger partial charge is 0.362 e. The molecular weight excluding hydrogens is 353 g/mol. The zero-order valence-corrected chi connectivity index (χ0v) is 15.3. The standard InChI is InChI=1S/C19H22FN3O4/c1-3-12-13-9-27-17-14-10(6-5-7-21-14)8-11(20)16(17)23(13)18(24)15(22-12)19(25)26-4-2/h8-9,11-12,14,21H,3-7H2,1-2H3. The van der Waals surface area contributed by atoms with Crippen molar-refractivity contribution in [1.82, 2.24) is 10.2 Å². The number of nitrogens with zero attached hydrogens (tertiary/aromatic N) is 2. The summed E-state index contributed by atoms with van der Waals surface area (Å²) in [6.45, 7) is 4.45. The molecule has 1 saturated heterocycles. The number of hydrogen-bond acceptors (Lipinski definition) is 6. The lowest BCUT2D eigenvalue weighted by atomic mass is 9.87. The van der Waals surface area contributed by atoms with Crippen LogP contribution in [0.5, 0.6) is 0 Å². The van der Waals surface area contributed by atoms with E-state index in [1.165, 1.54) is 11.2 Å². The van der Waals surface area contributed by atoms with Crippen LogP contribution in [0, 0.1) is 0 Å². The summed E-state index contributed by atoms with van der Waals surface area (Å²) in [5.74, 6) is -1.07. The minimum absolute atomic E-state index is 0.130. The predicted molar refractivity (Wildman–Crippen MR) is 95.2 cm³/mol. The molecule has 3 aliphatic heterocycles. The molecule has 8 heteroatoms. The van der Waals surface area contributed by atoms with E-state index in [1.54, 1.807) is 13.0 Å². The molecule has 0 aromatic rings. The summed E-state index contributed by atoms with van der Waals surface area (Å²) in [6.07, 6.45) is 3.77. The molecule has 4 aliphatic rings. The molecule has 7 nitrogen and oxygen atoms in total. The largest absolute Gasteiger partial charge is 0.463 e. The molecule has 0 aromatic carbocycles. The molecule has 0 saturated carbocycles. The number of carbonyl (C=O) groups excluding carboxylic acids is 2. The number of halogens is 1. The first-order chi connectivity index (χ1) is 13.1. The molecule has 4 rings (SSSR count). The van der Waals surface area contributed by atoms with E-state index in [1.807, 2.05) is 6.92 Å². The van der Waals surface area contributed by atoms with Crippen LogP contribution in [0.3, 0.4) is 0 Å². The number of ether oxygens (including phenoxy) is 2. The summed E-state index contributed by atoms with van der Waals surface area (Å²) in [6, 6.07) is -0.732. The molecule has 0 spiro atoms. The second-order valence-corrected chi connectivity index (χ2v) is 6.81. The first kappa shape index (κ1) is 17.9. The van der Waals surface area contributed by atoms with Gasteiger partial charge in [0.2, 0.25) is 5.71 Å². The zero-order chi connectivity index (χ0) is 19.1. The number of fused-ring (bicyclic) bond motifs is 4. The van der Waals surface area contributed by atoms with Crippen molar-refractivity contribution in [3.8, 4) is 0 Å². The number of alkyl halides is 1. The Labute approximate surface area is 156 Å². The highest BCUT2D eigenvalue weighted by Crippen LogP contribution is 2.41. The number of rotatable bonds is 3. The Kier molecular flexibility index (Phi) is 4.59. The van der Waals surface area contributed by atoms with Gasteiger partial charge in [0.05, 0.1) is 24.4 Å².